The third-order valence-corrected chi connectivity index (χ3v) is 6.02. The minimum absolute atomic E-state index is 0.308. The van der Waals surface area contributed by atoms with E-state index in [1.165, 1.54) is 45.1 Å². The highest BCUT2D eigenvalue weighted by atomic mass is 16.2. The smallest absolute Gasteiger partial charge is 0.223 e. The van der Waals surface area contributed by atoms with Gasteiger partial charge in [0.05, 0.1) is 0 Å². The lowest BCUT2D eigenvalue weighted by atomic mass is 9.92. The zero-order valence-corrected chi connectivity index (χ0v) is 13.5. The second-order valence-electron chi connectivity index (χ2n) is 7.25. The Morgan fingerprint density at radius 3 is 2.90 bits per heavy atom. The van der Waals surface area contributed by atoms with Crippen LogP contribution >= 0.6 is 0 Å². The molecule has 21 heavy (non-hydrogen) atoms. The van der Waals surface area contributed by atoms with Crippen molar-refractivity contribution < 1.29 is 4.79 Å². The summed E-state index contributed by atoms with van der Waals surface area (Å²) in [6.45, 7) is 7.55. The van der Waals surface area contributed by atoms with Gasteiger partial charge in [0, 0.05) is 25.0 Å². The van der Waals surface area contributed by atoms with E-state index in [4.69, 9.17) is 0 Å². The third-order valence-electron chi connectivity index (χ3n) is 6.02. The summed E-state index contributed by atoms with van der Waals surface area (Å²) in [5.41, 5.74) is 0.367. The van der Waals surface area contributed by atoms with E-state index in [0.717, 1.165) is 38.6 Å². The van der Waals surface area contributed by atoms with Crippen molar-refractivity contribution in [2.75, 3.05) is 32.7 Å². The summed E-state index contributed by atoms with van der Waals surface area (Å²) in [7, 11) is 0. The molecular formula is C17H31N3O. The molecule has 3 aliphatic rings. The Kier molecular flexibility index (Phi) is 4.85. The highest BCUT2D eigenvalue weighted by molar-refractivity contribution is 5.82. The first-order chi connectivity index (χ1) is 10.2. The van der Waals surface area contributed by atoms with Crippen LogP contribution in [-0.2, 0) is 4.79 Å². The first-order valence-electron chi connectivity index (χ1n) is 8.98. The summed E-state index contributed by atoms with van der Waals surface area (Å²) in [5.74, 6) is 0.630. The SMILES string of the molecule is CCC1CCCCN1CCNC(=O)C1CC12CCNCC2. The van der Waals surface area contributed by atoms with Gasteiger partial charge in [0.1, 0.15) is 0 Å². The number of carbonyl (C=O) groups excluding carboxylic acids is 1. The van der Waals surface area contributed by atoms with Gasteiger partial charge in [0.25, 0.3) is 0 Å². The number of piperidine rings is 2. The van der Waals surface area contributed by atoms with Gasteiger partial charge in [-0.2, -0.15) is 0 Å². The molecule has 3 rings (SSSR count). The molecule has 0 radical (unpaired) electrons. The molecule has 2 N–H and O–H groups in total. The molecule has 0 aromatic heterocycles. The Balaban J connectivity index is 1.38. The van der Waals surface area contributed by atoms with Gasteiger partial charge in [-0.3, -0.25) is 9.69 Å². The van der Waals surface area contributed by atoms with Crippen LogP contribution in [0.5, 0.6) is 0 Å². The monoisotopic (exact) mass is 293 g/mol. The minimum atomic E-state index is 0.308. The average molecular weight is 293 g/mol. The van der Waals surface area contributed by atoms with Crippen molar-refractivity contribution in [3.8, 4) is 0 Å². The average Bonchev–Trinajstić information content (AvgIpc) is 3.21. The summed E-state index contributed by atoms with van der Waals surface area (Å²) in [5, 5.41) is 6.61. The van der Waals surface area contributed by atoms with E-state index < -0.39 is 0 Å². The van der Waals surface area contributed by atoms with Crippen molar-refractivity contribution in [2.45, 2.75) is 57.9 Å². The van der Waals surface area contributed by atoms with Crippen LogP contribution in [0.4, 0.5) is 0 Å². The number of rotatable bonds is 5. The molecule has 0 bridgehead atoms. The molecule has 2 atom stereocenters. The molecule has 0 aromatic rings. The molecule has 4 nitrogen and oxygen atoms in total. The molecule has 0 aromatic carbocycles. The van der Waals surface area contributed by atoms with E-state index in [9.17, 15) is 4.79 Å². The van der Waals surface area contributed by atoms with Gasteiger partial charge in [-0.25, -0.2) is 0 Å². The zero-order chi connectivity index (χ0) is 14.7. The number of hydrogen-bond acceptors (Lipinski definition) is 3. The molecule has 2 unspecified atom stereocenters. The number of carbonyl (C=O) groups is 1. The van der Waals surface area contributed by atoms with Crippen LogP contribution in [-0.4, -0.2) is 49.6 Å². The Morgan fingerprint density at radius 2 is 2.14 bits per heavy atom. The molecule has 4 heteroatoms. The lowest BCUT2D eigenvalue weighted by molar-refractivity contribution is -0.123. The molecule has 2 saturated heterocycles. The Hall–Kier alpha value is -0.610. The topological polar surface area (TPSA) is 44.4 Å². The van der Waals surface area contributed by atoms with Crippen molar-refractivity contribution in [1.29, 1.82) is 0 Å². The maximum Gasteiger partial charge on any atom is 0.223 e. The first-order valence-corrected chi connectivity index (χ1v) is 8.98. The molecular weight excluding hydrogens is 262 g/mol. The second-order valence-corrected chi connectivity index (χ2v) is 7.25. The summed E-state index contributed by atoms with van der Waals surface area (Å²) in [6.07, 6.45) is 8.78. The molecule has 1 aliphatic carbocycles. The fourth-order valence-electron chi connectivity index (χ4n) is 4.46. The van der Waals surface area contributed by atoms with Crippen LogP contribution in [0.2, 0.25) is 0 Å². The minimum Gasteiger partial charge on any atom is -0.355 e. The largest absolute Gasteiger partial charge is 0.355 e. The van der Waals surface area contributed by atoms with Crippen molar-refractivity contribution in [2.24, 2.45) is 11.3 Å². The van der Waals surface area contributed by atoms with E-state index in [-0.39, 0.29) is 0 Å². The van der Waals surface area contributed by atoms with Crippen LogP contribution in [0.3, 0.4) is 0 Å². The van der Waals surface area contributed by atoms with Crippen molar-refractivity contribution >= 4 is 5.91 Å². The van der Waals surface area contributed by atoms with E-state index in [1.807, 2.05) is 0 Å². The number of nitrogens with zero attached hydrogens (tertiary/aromatic N) is 1. The standard InChI is InChI=1S/C17H31N3O/c1-2-14-5-3-4-11-20(14)12-10-19-16(21)15-13-17(15)6-8-18-9-7-17/h14-15,18H,2-13H2,1H3,(H,19,21). The lowest BCUT2D eigenvalue weighted by Crippen LogP contribution is -2.44. The number of nitrogens with one attached hydrogen (secondary N) is 2. The molecule has 1 amide bonds. The van der Waals surface area contributed by atoms with Gasteiger partial charge in [-0.1, -0.05) is 13.3 Å². The summed E-state index contributed by atoms with van der Waals surface area (Å²) < 4.78 is 0. The predicted molar refractivity (Wildman–Crippen MR) is 85.2 cm³/mol. The number of likely N-dealkylation sites (tertiary alicyclic amines) is 1. The van der Waals surface area contributed by atoms with Crippen LogP contribution in [0.15, 0.2) is 0 Å². The quantitative estimate of drug-likeness (QED) is 0.812. The second kappa shape index (κ2) is 6.66. The Morgan fingerprint density at radius 1 is 1.33 bits per heavy atom. The maximum atomic E-state index is 12.3. The molecule has 120 valence electrons. The van der Waals surface area contributed by atoms with Gasteiger partial charge in [-0.05, 0) is 63.6 Å². The van der Waals surface area contributed by atoms with Crippen molar-refractivity contribution in [1.82, 2.24) is 15.5 Å². The number of hydrogen-bond donors (Lipinski definition) is 2. The zero-order valence-electron chi connectivity index (χ0n) is 13.5. The fraction of sp³-hybridized carbons (Fsp3) is 0.941. The van der Waals surface area contributed by atoms with Gasteiger partial charge in [0.15, 0.2) is 0 Å². The van der Waals surface area contributed by atoms with E-state index >= 15 is 0 Å². The molecule has 3 fully saturated rings. The molecule has 2 aliphatic heterocycles. The Bertz CT molecular complexity index is 365. The van der Waals surface area contributed by atoms with Gasteiger partial charge in [-0.15, -0.1) is 0 Å². The summed E-state index contributed by atoms with van der Waals surface area (Å²) >= 11 is 0. The van der Waals surface area contributed by atoms with Gasteiger partial charge in [0.2, 0.25) is 5.91 Å². The van der Waals surface area contributed by atoms with Crippen molar-refractivity contribution in [3.63, 3.8) is 0 Å². The molecule has 2 heterocycles. The maximum absolute atomic E-state index is 12.3. The van der Waals surface area contributed by atoms with Crippen LogP contribution in [0.25, 0.3) is 0 Å². The normalized spacial score (nSPS) is 32.0. The van der Waals surface area contributed by atoms with Gasteiger partial charge < -0.3 is 10.6 Å². The third kappa shape index (κ3) is 3.42. The van der Waals surface area contributed by atoms with Gasteiger partial charge >= 0.3 is 0 Å². The van der Waals surface area contributed by atoms with Crippen molar-refractivity contribution in [3.05, 3.63) is 0 Å². The highest BCUT2D eigenvalue weighted by Crippen LogP contribution is 2.58. The summed E-state index contributed by atoms with van der Waals surface area (Å²) in [4.78, 5) is 14.9. The summed E-state index contributed by atoms with van der Waals surface area (Å²) in [6, 6.07) is 0.743. The van der Waals surface area contributed by atoms with E-state index in [0.29, 0.717) is 17.2 Å². The predicted octanol–water partition coefficient (Wildman–Crippen LogP) is 1.76. The fourth-order valence-corrected chi connectivity index (χ4v) is 4.46. The van der Waals surface area contributed by atoms with E-state index in [2.05, 4.69) is 22.5 Å². The lowest BCUT2D eigenvalue weighted by Gasteiger charge is -2.35. The van der Waals surface area contributed by atoms with Crippen LogP contribution < -0.4 is 10.6 Å². The van der Waals surface area contributed by atoms with Crippen LogP contribution in [0, 0.1) is 11.3 Å². The highest BCUT2D eigenvalue weighted by Gasteiger charge is 2.57. The molecule has 1 spiro atoms. The Labute approximate surface area is 129 Å². The van der Waals surface area contributed by atoms with Crippen LogP contribution in [0.1, 0.15) is 51.9 Å². The first kappa shape index (κ1) is 15.3. The molecule has 1 saturated carbocycles. The van der Waals surface area contributed by atoms with E-state index in [1.54, 1.807) is 0 Å². The number of amides is 1.